The van der Waals surface area contributed by atoms with E-state index in [1.54, 1.807) is 0 Å². The van der Waals surface area contributed by atoms with E-state index in [1.807, 2.05) is 28.7 Å². The number of rotatable bonds is 5. The largest absolute Gasteiger partial charge is 0.352 e. The fourth-order valence-corrected chi connectivity index (χ4v) is 3.85. The first-order valence-corrected chi connectivity index (χ1v) is 9.34. The van der Waals surface area contributed by atoms with Crippen molar-refractivity contribution in [3.8, 4) is 0 Å². The number of aryl methyl sites for hydroxylation is 1. The summed E-state index contributed by atoms with van der Waals surface area (Å²) in [4.78, 5) is 25.5. The van der Waals surface area contributed by atoms with E-state index in [0.29, 0.717) is 0 Å². The number of amides is 1. The topological polar surface area (TPSA) is 81.3 Å². The number of carbonyl (C=O) groups is 1. The number of aromatic nitrogens is 4. The van der Waals surface area contributed by atoms with E-state index in [4.69, 9.17) is 0 Å². The molecule has 1 fully saturated rings. The number of nitrogens with zero attached hydrogens (tertiary/aromatic N) is 4. The van der Waals surface area contributed by atoms with Crippen LogP contribution in [0.1, 0.15) is 44.9 Å². The second-order valence-electron chi connectivity index (χ2n) is 6.95. The van der Waals surface area contributed by atoms with Crippen LogP contribution in [-0.2, 0) is 17.8 Å². The molecule has 26 heavy (non-hydrogen) atoms. The standard InChI is InChI=1S/C19H23N5O2/c1-2-7-16-21-22-18-19(26)23(12-17(25)20-13-8-3-4-9-13)14-10-5-6-11-15(14)24(16)18/h5-6,10-11,13H,2-4,7-9,12H2,1H3,(H,20,25). The second-order valence-corrected chi connectivity index (χ2v) is 6.95. The van der Waals surface area contributed by atoms with Crippen LogP contribution in [0, 0.1) is 0 Å². The van der Waals surface area contributed by atoms with E-state index in [0.717, 1.165) is 55.4 Å². The minimum absolute atomic E-state index is 0.00230. The Labute approximate surface area is 151 Å². The molecular weight excluding hydrogens is 330 g/mol. The summed E-state index contributed by atoms with van der Waals surface area (Å²) < 4.78 is 3.34. The van der Waals surface area contributed by atoms with Gasteiger partial charge in [0, 0.05) is 12.5 Å². The van der Waals surface area contributed by atoms with Gasteiger partial charge in [-0.05, 0) is 31.4 Å². The zero-order valence-corrected chi connectivity index (χ0v) is 14.9. The lowest BCUT2D eigenvalue weighted by molar-refractivity contribution is -0.122. The van der Waals surface area contributed by atoms with E-state index < -0.39 is 0 Å². The Balaban J connectivity index is 1.79. The first-order chi connectivity index (χ1) is 12.7. The van der Waals surface area contributed by atoms with E-state index in [9.17, 15) is 9.59 Å². The second kappa shape index (κ2) is 6.90. The molecule has 2 aromatic heterocycles. The average molecular weight is 353 g/mol. The summed E-state index contributed by atoms with van der Waals surface area (Å²) in [6, 6.07) is 7.84. The molecule has 0 bridgehead atoms. The van der Waals surface area contributed by atoms with Crippen molar-refractivity contribution in [3.63, 3.8) is 0 Å². The van der Waals surface area contributed by atoms with Crippen LogP contribution in [0.3, 0.4) is 0 Å². The fraction of sp³-hybridized carbons (Fsp3) is 0.474. The van der Waals surface area contributed by atoms with Crippen LogP contribution in [0.4, 0.5) is 0 Å². The molecule has 0 spiro atoms. The van der Waals surface area contributed by atoms with E-state index >= 15 is 0 Å². The zero-order valence-electron chi connectivity index (χ0n) is 14.9. The van der Waals surface area contributed by atoms with Crippen LogP contribution in [0.15, 0.2) is 29.1 Å². The molecule has 0 radical (unpaired) electrons. The van der Waals surface area contributed by atoms with Crippen LogP contribution >= 0.6 is 0 Å². The highest BCUT2D eigenvalue weighted by molar-refractivity contribution is 5.82. The predicted molar refractivity (Wildman–Crippen MR) is 99.1 cm³/mol. The summed E-state index contributed by atoms with van der Waals surface area (Å²) in [5.41, 5.74) is 1.58. The molecule has 1 saturated carbocycles. The Bertz CT molecular complexity index is 1010. The first-order valence-electron chi connectivity index (χ1n) is 9.34. The fourth-order valence-electron chi connectivity index (χ4n) is 3.85. The van der Waals surface area contributed by atoms with Crippen LogP contribution < -0.4 is 10.9 Å². The Kier molecular flexibility index (Phi) is 4.44. The molecule has 2 heterocycles. The molecule has 0 aliphatic heterocycles. The number of benzene rings is 1. The molecule has 0 unspecified atom stereocenters. The van der Waals surface area contributed by atoms with E-state index in [1.165, 1.54) is 4.57 Å². The van der Waals surface area contributed by atoms with Gasteiger partial charge in [0.05, 0.1) is 11.0 Å². The molecular formula is C19H23N5O2. The van der Waals surface area contributed by atoms with Gasteiger partial charge in [0.15, 0.2) is 0 Å². The van der Waals surface area contributed by atoms with Crippen molar-refractivity contribution >= 4 is 22.6 Å². The maximum absolute atomic E-state index is 13.0. The summed E-state index contributed by atoms with van der Waals surface area (Å²) in [5, 5.41) is 11.4. The number of para-hydroxylation sites is 2. The van der Waals surface area contributed by atoms with Crippen LogP contribution in [0.2, 0.25) is 0 Å². The third-order valence-corrected chi connectivity index (χ3v) is 5.08. The van der Waals surface area contributed by atoms with Crippen molar-refractivity contribution in [2.24, 2.45) is 0 Å². The van der Waals surface area contributed by atoms with Crippen molar-refractivity contribution in [1.29, 1.82) is 0 Å². The number of nitrogens with one attached hydrogen (secondary N) is 1. The Hall–Kier alpha value is -2.70. The van der Waals surface area contributed by atoms with Gasteiger partial charge in [-0.3, -0.25) is 18.6 Å². The smallest absolute Gasteiger partial charge is 0.297 e. The highest BCUT2D eigenvalue weighted by Gasteiger charge is 2.20. The molecule has 1 aliphatic rings. The Morgan fingerprint density at radius 2 is 1.92 bits per heavy atom. The van der Waals surface area contributed by atoms with Gasteiger partial charge in [0.25, 0.3) is 5.56 Å². The molecule has 1 N–H and O–H groups in total. The average Bonchev–Trinajstić information content (AvgIpc) is 3.29. The molecule has 1 amide bonds. The van der Waals surface area contributed by atoms with Gasteiger partial charge in [0.1, 0.15) is 12.4 Å². The lowest BCUT2D eigenvalue weighted by Crippen LogP contribution is -2.38. The number of hydrogen-bond donors (Lipinski definition) is 1. The summed E-state index contributed by atoms with van der Waals surface area (Å²) in [5.74, 6) is 0.653. The molecule has 1 aromatic carbocycles. The molecule has 0 atom stereocenters. The van der Waals surface area contributed by atoms with E-state index in [-0.39, 0.29) is 29.7 Å². The summed E-state index contributed by atoms with van der Waals surface area (Å²) in [7, 11) is 0. The Morgan fingerprint density at radius 1 is 1.19 bits per heavy atom. The third kappa shape index (κ3) is 2.87. The molecule has 3 aromatic rings. The van der Waals surface area contributed by atoms with Crippen molar-refractivity contribution in [1.82, 2.24) is 24.5 Å². The maximum atomic E-state index is 13.0. The molecule has 7 nitrogen and oxygen atoms in total. The van der Waals surface area contributed by atoms with E-state index in [2.05, 4.69) is 22.4 Å². The SMILES string of the molecule is CCCc1nnc2c(=O)n(CC(=O)NC3CCCC3)c3ccccc3n12. The van der Waals surface area contributed by atoms with Crippen molar-refractivity contribution < 1.29 is 4.79 Å². The maximum Gasteiger partial charge on any atom is 0.297 e. The lowest BCUT2D eigenvalue weighted by Gasteiger charge is -2.15. The van der Waals surface area contributed by atoms with Gasteiger partial charge >= 0.3 is 0 Å². The third-order valence-electron chi connectivity index (χ3n) is 5.08. The van der Waals surface area contributed by atoms with Gasteiger partial charge in [0.2, 0.25) is 11.6 Å². The van der Waals surface area contributed by atoms with Crippen LogP contribution in [0.5, 0.6) is 0 Å². The molecule has 136 valence electrons. The molecule has 1 aliphatic carbocycles. The van der Waals surface area contributed by atoms with Gasteiger partial charge in [-0.15, -0.1) is 10.2 Å². The van der Waals surface area contributed by atoms with Gasteiger partial charge in [-0.25, -0.2) is 0 Å². The summed E-state index contributed by atoms with van der Waals surface area (Å²) in [6.07, 6.45) is 6.01. The number of fused-ring (bicyclic) bond motifs is 3. The summed E-state index contributed by atoms with van der Waals surface area (Å²) >= 11 is 0. The predicted octanol–water partition coefficient (Wildman–Crippen LogP) is 2.06. The van der Waals surface area contributed by atoms with Crippen LogP contribution in [-0.4, -0.2) is 31.1 Å². The minimum atomic E-state index is -0.278. The number of hydrogen-bond acceptors (Lipinski definition) is 4. The number of carbonyl (C=O) groups excluding carboxylic acids is 1. The van der Waals surface area contributed by atoms with Crippen molar-refractivity contribution in [2.45, 2.75) is 58.0 Å². The molecule has 4 rings (SSSR count). The summed E-state index contributed by atoms with van der Waals surface area (Å²) in [6.45, 7) is 2.07. The Morgan fingerprint density at radius 3 is 2.65 bits per heavy atom. The highest BCUT2D eigenvalue weighted by Crippen LogP contribution is 2.18. The van der Waals surface area contributed by atoms with Gasteiger partial charge < -0.3 is 5.32 Å². The first kappa shape index (κ1) is 16.8. The van der Waals surface area contributed by atoms with Gasteiger partial charge in [-0.2, -0.15) is 0 Å². The molecule has 7 heteroatoms. The monoisotopic (exact) mass is 353 g/mol. The molecule has 0 saturated heterocycles. The van der Waals surface area contributed by atoms with Crippen molar-refractivity contribution in [2.75, 3.05) is 0 Å². The van der Waals surface area contributed by atoms with Crippen molar-refractivity contribution in [3.05, 3.63) is 40.4 Å². The highest BCUT2D eigenvalue weighted by atomic mass is 16.2. The zero-order chi connectivity index (χ0) is 18.1. The van der Waals surface area contributed by atoms with Gasteiger partial charge in [-0.1, -0.05) is 31.9 Å². The lowest BCUT2D eigenvalue weighted by atomic mass is 10.2. The van der Waals surface area contributed by atoms with Crippen LogP contribution in [0.25, 0.3) is 16.7 Å². The normalized spacial score (nSPS) is 15.1. The quantitative estimate of drug-likeness (QED) is 0.761. The minimum Gasteiger partial charge on any atom is -0.352 e.